The van der Waals surface area contributed by atoms with Crippen molar-refractivity contribution in [3.05, 3.63) is 74.2 Å². The number of nitrogens with zero attached hydrogens (tertiary/aromatic N) is 1. The molecule has 3 rings (SSSR count). The Balaban J connectivity index is 1.38. The predicted octanol–water partition coefficient (Wildman–Crippen LogP) is 4.63. The van der Waals surface area contributed by atoms with Crippen LogP contribution in [0.3, 0.4) is 0 Å². The Bertz CT molecular complexity index is 1090. The van der Waals surface area contributed by atoms with Crippen LogP contribution in [0.5, 0.6) is 0 Å². The highest BCUT2D eigenvalue weighted by atomic mass is 35.5. The van der Waals surface area contributed by atoms with Gasteiger partial charge in [-0.2, -0.15) is 0 Å². The highest BCUT2D eigenvalue weighted by Gasteiger charge is 2.06. The number of nitrogens with one attached hydrogen (secondary N) is 2. The van der Waals surface area contributed by atoms with Gasteiger partial charge in [0, 0.05) is 24.5 Å². The minimum atomic E-state index is -0.0655. The highest BCUT2D eigenvalue weighted by Crippen LogP contribution is 2.10. The van der Waals surface area contributed by atoms with E-state index in [9.17, 15) is 9.59 Å². The maximum atomic E-state index is 12.6. The van der Waals surface area contributed by atoms with E-state index in [1.54, 1.807) is 10.6 Å². The quantitative estimate of drug-likeness (QED) is 0.385. The van der Waals surface area contributed by atoms with Crippen LogP contribution in [0, 0.1) is 4.77 Å². The number of H-pyrrole nitrogens is 1. The Morgan fingerprint density at radius 2 is 1.83 bits per heavy atom. The van der Waals surface area contributed by atoms with Crippen LogP contribution in [-0.2, 0) is 17.8 Å². The van der Waals surface area contributed by atoms with Crippen LogP contribution in [0.15, 0.2) is 53.3 Å². The molecule has 0 aliphatic heterocycles. The molecule has 3 aromatic rings. The number of benzene rings is 2. The van der Waals surface area contributed by atoms with E-state index in [0.29, 0.717) is 34.7 Å². The third-order valence-electron chi connectivity index (χ3n) is 4.82. The lowest BCUT2D eigenvalue weighted by molar-refractivity contribution is -0.121. The molecule has 0 spiro atoms. The minimum absolute atomic E-state index is 0.0547. The standard InChI is InChI=1S/C22H24ClN3O2S/c23-17-11-9-16(10-12-17)13-14-24-20(27)8-2-1-5-15-26-21(28)18-6-3-4-7-19(18)25-22(26)29/h3-4,6-7,9-12H,1-2,5,8,13-15H2,(H,24,27)(H,25,29). The van der Waals surface area contributed by atoms with E-state index < -0.39 is 0 Å². The van der Waals surface area contributed by atoms with Crippen molar-refractivity contribution in [3.63, 3.8) is 0 Å². The second kappa shape index (κ2) is 10.4. The summed E-state index contributed by atoms with van der Waals surface area (Å²) in [5.74, 6) is 0.0547. The lowest BCUT2D eigenvalue weighted by atomic mass is 10.1. The maximum absolute atomic E-state index is 12.6. The second-order valence-corrected chi connectivity index (χ2v) is 7.79. The van der Waals surface area contributed by atoms with Gasteiger partial charge in [-0.25, -0.2) is 0 Å². The van der Waals surface area contributed by atoms with Gasteiger partial charge in [0.05, 0.1) is 10.9 Å². The van der Waals surface area contributed by atoms with E-state index in [-0.39, 0.29) is 11.5 Å². The van der Waals surface area contributed by atoms with E-state index in [0.717, 1.165) is 36.8 Å². The summed E-state index contributed by atoms with van der Waals surface area (Å²) < 4.78 is 2.04. The van der Waals surface area contributed by atoms with Crippen LogP contribution in [0.2, 0.25) is 5.02 Å². The predicted molar refractivity (Wildman–Crippen MR) is 120 cm³/mol. The van der Waals surface area contributed by atoms with Gasteiger partial charge in [-0.1, -0.05) is 42.3 Å². The molecule has 1 amide bonds. The van der Waals surface area contributed by atoms with Gasteiger partial charge in [0.25, 0.3) is 5.56 Å². The number of rotatable bonds is 9. The number of aromatic amines is 1. The Kier molecular flexibility index (Phi) is 7.61. The van der Waals surface area contributed by atoms with Crippen LogP contribution in [-0.4, -0.2) is 22.0 Å². The molecular formula is C22H24ClN3O2S. The van der Waals surface area contributed by atoms with E-state index in [4.69, 9.17) is 23.8 Å². The van der Waals surface area contributed by atoms with Gasteiger partial charge in [0.2, 0.25) is 5.91 Å². The van der Waals surface area contributed by atoms with Crippen LogP contribution in [0.1, 0.15) is 31.2 Å². The molecule has 1 heterocycles. The molecule has 7 heteroatoms. The summed E-state index contributed by atoms with van der Waals surface area (Å²) in [6.07, 6.45) is 3.71. The van der Waals surface area contributed by atoms with Crippen molar-refractivity contribution >= 4 is 40.6 Å². The molecule has 0 saturated carbocycles. The molecule has 0 aliphatic carbocycles. The van der Waals surface area contributed by atoms with Gasteiger partial charge >= 0.3 is 0 Å². The smallest absolute Gasteiger partial charge is 0.262 e. The van der Waals surface area contributed by atoms with Gasteiger partial charge in [0.1, 0.15) is 0 Å². The lowest BCUT2D eigenvalue weighted by Gasteiger charge is -2.08. The molecule has 152 valence electrons. The number of fused-ring (bicyclic) bond motifs is 1. The van der Waals surface area contributed by atoms with E-state index in [2.05, 4.69) is 10.3 Å². The van der Waals surface area contributed by atoms with Gasteiger partial charge in [-0.15, -0.1) is 0 Å². The molecule has 0 saturated heterocycles. The fourth-order valence-electron chi connectivity index (χ4n) is 3.22. The van der Waals surface area contributed by atoms with Crippen molar-refractivity contribution in [1.82, 2.24) is 14.9 Å². The number of halogens is 1. The second-order valence-electron chi connectivity index (χ2n) is 6.97. The fraction of sp³-hybridized carbons (Fsp3) is 0.318. The van der Waals surface area contributed by atoms with E-state index in [1.807, 2.05) is 42.5 Å². The summed E-state index contributed by atoms with van der Waals surface area (Å²) in [7, 11) is 0. The Morgan fingerprint density at radius 1 is 1.07 bits per heavy atom. The van der Waals surface area contributed by atoms with Crippen molar-refractivity contribution < 1.29 is 4.79 Å². The molecule has 0 fully saturated rings. The summed E-state index contributed by atoms with van der Waals surface area (Å²) in [6.45, 7) is 1.17. The zero-order chi connectivity index (χ0) is 20.6. The zero-order valence-electron chi connectivity index (χ0n) is 16.1. The molecular weight excluding hydrogens is 406 g/mol. The number of carbonyl (C=O) groups excluding carboxylic acids is 1. The van der Waals surface area contributed by atoms with E-state index >= 15 is 0 Å². The molecule has 0 aliphatic rings. The minimum Gasteiger partial charge on any atom is -0.356 e. The largest absolute Gasteiger partial charge is 0.356 e. The Hall–Kier alpha value is -2.44. The third-order valence-corrected chi connectivity index (χ3v) is 5.40. The van der Waals surface area contributed by atoms with Crippen LogP contribution in [0.4, 0.5) is 0 Å². The normalized spacial score (nSPS) is 10.9. The summed E-state index contributed by atoms with van der Waals surface area (Å²) >= 11 is 11.2. The number of hydrogen-bond donors (Lipinski definition) is 2. The number of amides is 1. The summed E-state index contributed by atoms with van der Waals surface area (Å²) in [4.78, 5) is 27.7. The van der Waals surface area contributed by atoms with Gasteiger partial charge in [-0.3, -0.25) is 14.2 Å². The molecule has 2 aromatic carbocycles. The zero-order valence-corrected chi connectivity index (χ0v) is 17.7. The summed E-state index contributed by atoms with van der Waals surface area (Å²) in [5.41, 5.74) is 1.84. The first kappa shape index (κ1) is 21.3. The lowest BCUT2D eigenvalue weighted by Crippen LogP contribution is -2.25. The first-order chi connectivity index (χ1) is 14.0. The number of aromatic nitrogens is 2. The monoisotopic (exact) mass is 429 g/mol. The highest BCUT2D eigenvalue weighted by molar-refractivity contribution is 7.71. The van der Waals surface area contributed by atoms with Gasteiger partial charge < -0.3 is 10.3 Å². The van der Waals surface area contributed by atoms with Gasteiger partial charge in [0.15, 0.2) is 4.77 Å². The van der Waals surface area contributed by atoms with Crippen LogP contribution >= 0.6 is 23.8 Å². The molecule has 0 unspecified atom stereocenters. The summed E-state index contributed by atoms with van der Waals surface area (Å²) in [6, 6.07) is 15.0. The molecule has 0 atom stereocenters. The first-order valence-electron chi connectivity index (χ1n) is 9.77. The topological polar surface area (TPSA) is 66.9 Å². The molecule has 1 aromatic heterocycles. The Morgan fingerprint density at radius 3 is 2.62 bits per heavy atom. The van der Waals surface area contributed by atoms with Crippen LogP contribution < -0.4 is 10.9 Å². The number of para-hydroxylation sites is 1. The fourth-order valence-corrected chi connectivity index (χ4v) is 3.63. The van der Waals surface area contributed by atoms with Crippen molar-refractivity contribution in [1.29, 1.82) is 0 Å². The average molecular weight is 430 g/mol. The number of unbranched alkanes of at least 4 members (excludes halogenated alkanes) is 2. The van der Waals surface area contributed by atoms with Gasteiger partial charge in [-0.05, 0) is 61.3 Å². The van der Waals surface area contributed by atoms with Crippen molar-refractivity contribution in [2.24, 2.45) is 0 Å². The number of hydrogen-bond acceptors (Lipinski definition) is 3. The van der Waals surface area contributed by atoms with Crippen LogP contribution in [0.25, 0.3) is 10.9 Å². The first-order valence-corrected chi connectivity index (χ1v) is 10.6. The molecule has 0 bridgehead atoms. The number of carbonyl (C=O) groups is 1. The van der Waals surface area contributed by atoms with Crippen molar-refractivity contribution in [2.75, 3.05) is 6.54 Å². The molecule has 29 heavy (non-hydrogen) atoms. The molecule has 0 radical (unpaired) electrons. The van der Waals surface area contributed by atoms with Crippen molar-refractivity contribution in [2.45, 2.75) is 38.6 Å². The van der Waals surface area contributed by atoms with Crippen molar-refractivity contribution in [3.8, 4) is 0 Å². The molecule has 5 nitrogen and oxygen atoms in total. The SMILES string of the molecule is O=C(CCCCCn1c(=S)[nH]c2ccccc2c1=O)NCCc1ccc(Cl)cc1. The molecule has 2 N–H and O–H groups in total. The Labute approximate surface area is 179 Å². The van der Waals surface area contributed by atoms with E-state index in [1.165, 1.54) is 0 Å². The third kappa shape index (κ3) is 6.02. The maximum Gasteiger partial charge on any atom is 0.262 e. The summed E-state index contributed by atoms with van der Waals surface area (Å²) in [5, 5.41) is 4.30. The average Bonchev–Trinajstić information content (AvgIpc) is 2.71.